The van der Waals surface area contributed by atoms with Gasteiger partial charge in [0.2, 0.25) is 5.69 Å². The molecule has 0 saturated heterocycles. The van der Waals surface area contributed by atoms with Crippen molar-refractivity contribution in [2.75, 3.05) is 0 Å². The van der Waals surface area contributed by atoms with E-state index in [1.807, 2.05) is 24.5 Å². The fraction of sp³-hybridized carbons (Fsp3) is 0. The fourth-order valence-electron chi connectivity index (χ4n) is 4.27. The maximum atomic E-state index is 4.11. The maximum absolute atomic E-state index is 4.11. The summed E-state index contributed by atoms with van der Waals surface area (Å²) in [5.74, 6) is 0. The summed E-state index contributed by atoms with van der Waals surface area (Å²) >= 11 is 0. The lowest BCUT2D eigenvalue weighted by molar-refractivity contribution is -0.594. The minimum absolute atomic E-state index is 1.18. The highest BCUT2D eigenvalue weighted by atomic mass is 14.9. The van der Waals surface area contributed by atoms with Crippen LogP contribution in [0.15, 0.2) is 104 Å². The van der Waals surface area contributed by atoms with Gasteiger partial charge in [0.1, 0.15) is 0 Å². The molecule has 0 aliphatic rings. The molecule has 0 saturated carbocycles. The van der Waals surface area contributed by atoms with Crippen LogP contribution < -0.4 is 4.57 Å². The summed E-state index contributed by atoms with van der Waals surface area (Å²) in [7, 11) is 0. The Morgan fingerprint density at radius 3 is 1.89 bits per heavy atom. The van der Waals surface area contributed by atoms with Crippen molar-refractivity contribution in [3.8, 4) is 16.8 Å². The molecule has 130 valence electrons. The van der Waals surface area contributed by atoms with Gasteiger partial charge in [-0.2, -0.15) is 4.57 Å². The molecular weight excluding hydrogens is 340 g/mol. The molecule has 0 bridgehead atoms. The predicted molar refractivity (Wildman–Crippen MR) is 115 cm³/mol. The number of aromatic nitrogens is 2. The second kappa shape index (κ2) is 5.86. The highest BCUT2D eigenvalue weighted by Gasteiger charge is 2.16. The van der Waals surface area contributed by atoms with Gasteiger partial charge in [0, 0.05) is 36.0 Å². The van der Waals surface area contributed by atoms with Crippen LogP contribution in [0.3, 0.4) is 0 Å². The Hall–Kier alpha value is -3.78. The first-order valence-corrected chi connectivity index (χ1v) is 9.47. The average molecular weight is 357 g/mol. The molecule has 0 N–H and O–H groups in total. The summed E-state index contributed by atoms with van der Waals surface area (Å²) in [5, 5.41) is 7.87. The van der Waals surface area contributed by atoms with E-state index in [4.69, 9.17) is 0 Å². The van der Waals surface area contributed by atoms with Gasteiger partial charge in [0.05, 0.1) is 5.39 Å². The van der Waals surface area contributed by atoms with Crippen LogP contribution in [0.25, 0.3) is 49.1 Å². The SMILES string of the molecule is c1cc2ccc3ccc(-[n+]4ccc(-c5ccncc5)cc4)c4ccc(c1)c2c34. The quantitative estimate of drug-likeness (QED) is 0.277. The van der Waals surface area contributed by atoms with E-state index in [9.17, 15) is 0 Å². The number of hydrogen-bond donors (Lipinski definition) is 0. The van der Waals surface area contributed by atoms with Crippen molar-refractivity contribution >= 4 is 32.3 Å². The third-order valence-corrected chi connectivity index (χ3v) is 5.63. The van der Waals surface area contributed by atoms with Crippen LogP contribution in [0.2, 0.25) is 0 Å². The minimum atomic E-state index is 1.18. The van der Waals surface area contributed by atoms with Gasteiger partial charge in [0.25, 0.3) is 0 Å². The molecule has 0 aliphatic carbocycles. The molecule has 2 heterocycles. The van der Waals surface area contributed by atoms with E-state index in [1.54, 1.807) is 0 Å². The molecule has 0 unspecified atom stereocenters. The molecular formula is C26H17N2+. The Morgan fingerprint density at radius 2 is 1.14 bits per heavy atom. The van der Waals surface area contributed by atoms with Crippen LogP contribution in [-0.2, 0) is 0 Å². The number of hydrogen-bond acceptors (Lipinski definition) is 1. The Balaban J connectivity index is 1.58. The van der Waals surface area contributed by atoms with Gasteiger partial charge in [-0.3, -0.25) is 4.98 Å². The van der Waals surface area contributed by atoms with Crippen molar-refractivity contribution in [2.45, 2.75) is 0 Å². The third kappa shape index (κ3) is 2.21. The maximum Gasteiger partial charge on any atom is 0.218 e. The minimum Gasteiger partial charge on any atom is -0.265 e. The van der Waals surface area contributed by atoms with Gasteiger partial charge in [0.15, 0.2) is 12.4 Å². The molecule has 28 heavy (non-hydrogen) atoms. The molecule has 2 nitrogen and oxygen atoms in total. The van der Waals surface area contributed by atoms with Gasteiger partial charge >= 0.3 is 0 Å². The fourth-order valence-corrected chi connectivity index (χ4v) is 4.27. The topological polar surface area (TPSA) is 16.8 Å². The molecule has 6 rings (SSSR count). The Bertz CT molecular complexity index is 1420. The Kier molecular flexibility index (Phi) is 3.20. The standard InChI is InChI=1S/C26H17N2/c1-2-20-4-5-22-7-9-24(23-8-6-21(3-1)25(20)26(22)23)28-16-12-19(13-17-28)18-10-14-27-15-11-18/h1-17H/q+1. The van der Waals surface area contributed by atoms with Gasteiger partial charge in [-0.25, -0.2) is 0 Å². The lowest BCUT2D eigenvalue weighted by atomic mass is 9.93. The van der Waals surface area contributed by atoms with Crippen LogP contribution in [0.4, 0.5) is 0 Å². The van der Waals surface area contributed by atoms with Gasteiger partial charge in [-0.05, 0) is 56.9 Å². The summed E-state index contributed by atoms with van der Waals surface area (Å²) in [6.07, 6.45) is 7.94. The smallest absolute Gasteiger partial charge is 0.218 e. The van der Waals surface area contributed by atoms with E-state index in [0.29, 0.717) is 0 Å². The Labute approximate surface area is 162 Å². The zero-order chi connectivity index (χ0) is 18.5. The first kappa shape index (κ1) is 15.3. The molecule has 0 spiro atoms. The summed E-state index contributed by atoms with van der Waals surface area (Å²) in [6.45, 7) is 0. The predicted octanol–water partition coefficient (Wildman–Crippen LogP) is 5.92. The molecule has 0 radical (unpaired) electrons. The normalized spacial score (nSPS) is 11.6. The van der Waals surface area contributed by atoms with Crippen molar-refractivity contribution in [1.82, 2.24) is 4.98 Å². The molecule has 0 fully saturated rings. The van der Waals surface area contributed by atoms with Crippen LogP contribution in [0.1, 0.15) is 0 Å². The first-order chi connectivity index (χ1) is 13.9. The zero-order valence-corrected chi connectivity index (χ0v) is 15.2. The number of pyridine rings is 2. The van der Waals surface area contributed by atoms with Crippen molar-refractivity contribution in [3.05, 3.63) is 104 Å². The van der Waals surface area contributed by atoms with Crippen molar-refractivity contribution in [2.24, 2.45) is 0 Å². The van der Waals surface area contributed by atoms with Crippen molar-refractivity contribution < 1.29 is 4.57 Å². The first-order valence-electron chi connectivity index (χ1n) is 9.47. The molecule has 0 atom stereocenters. The summed E-state index contributed by atoms with van der Waals surface area (Å²) in [6, 6.07) is 28.3. The highest BCUT2D eigenvalue weighted by Crippen LogP contribution is 2.35. The Morgan fingerprint density at radius 1 is 0.536 bits per heavy atom. The lowest BCUT2D eigenvalue weighted by Crippen LogP contribution is -2.29. The van der Waals surface area contributed by atoms with Crippen LogP contribution in [0, 0.1) is 0 Å². The summed E-state index contributed by atoms with van der Waals surface area (Å²) in [5.41, 5.74) is 3.57. The monoisotopic (exact) mass is 357 g/mol. The second-order valence-electron chi connectivity index (χ2n) is 7.17. The zero-order valence-electron chi connectivity index (χ0n) is 15.2. The van der Waals surface area contributed by atoms with Gasteiger partial charge in [-0.1, -0.05) is 36.4 Å². The molecule has 2 heteroatoms. The molecule has 2 aromatic heterocycles. The lowest BCUT2D eigenvalue weighted by Gasteiger charge is -2.11. The van der Waals surface area contributed by atoms with Crippen LogP contribution in [-0.4, -0.2) is 4.98 Å². The number of benzene rings is 4. The summed E-state index contributed by atoms with van der Waals surface area (Å²) in [4.78, 5) is 4.11. The third-order valence-electron chi connectivity index (χ3n) is 5.63. The second-order valence-corrected chi connectivity index (χ2v) is 7.17. The molecule has 0 amide bonds. The van der Waals surface area contributed by atoms with E-state index >= 15 is 0 Å². The molecule has 6 aromatic rings. The largest absolute Gasteiger partial charge is 0.265 e. The number of nitrogens with zero attached hydrogens (tertiary/aromatic N) is 2. The van der Waals surface area contributed by atoms with Crippen LogP contribution >= 0.6 is 0 Å². The van der Waals surface area contributed by atoms with Crippen molar-refractivity contribution in [1.29, 1.82) is 0 Å². The van der Waals surface area contributed by atoms with Gasteiger partial charge < -0.3 is 0 Å². The molecule has 4 aromatic carbocycles. The van der Waals surface area contributed by atoms with Gasteiger partial charge in [-0.15, -0.1) is 0 Å². The van der Waals surface area contributed by atoms with Crippen molar-refractivity contribution in [3.63, 3.8) is 0 Å². The van der Waals surface area contributed by atoms with E-state index in [2.05, 4.69) is 88.7 Å². The van der Waals surface area contributed by atoms with E-state index in [1.165, 1.54) is 49.1 Å². The average Bonchev–Trinajstić information content (AvgIpc) is 2.78. The van der Waals surface area contributed by atoms with E-state index < -0.39 is 0 Å². The van der Waals surface area contributed by atoms with Crippen LogP contribution in [0.5, 0.6) is 0 Å². The number of rotatable bonds is 2. The van der Waals surface area contributed by atoms with E-state index in [-0.39, 0.29) is 0 Å². The molecule has 0 aliphatic heterocycles. The van der Waals surface area contributed by atoms with E-state index in [0.717, 1.165) is 0 Å². The summed E-state index contributed by atoms with van der Waals surface area (Å²) < 4.78 is 2.20. The highest BCUT2D eigenvalue weighted by molar-refractivity contribution is 6.24.